The molecule has 1 atom stereocenters. The number of aryl methyl sites for hydroxylation is 1. The van der Waals surface area contributed by atoms with Crippen LogP contribution in [0.4, 0.5) is 0 Å². The second kappa shape index (κ2) is 8.16. The quantitative estimate of drug-likeness (QED) is 0.501. The normalized spacial score (nSPS) is 11.8. The second-order valence-corrected chi connectivity index (χ2v) is 6.50. The molecule has 0 spiro atoms. The summed E-state index contributed by atoms with van der Waals surface area (Å²) in [6, 6.07) is 9.79. The Bertz CT molecular complexity index is 1120. The molecular weight excluding hydrogens is 388 g/mol. The summed E-state index contributed by atoms with van der Waals surface area (Å²) in [5.74, 6) is 2.25. The fourth-order valence-electron chi connectivity index (χ4n) is 3.07. The second-order valence-electron chi connectivity index (χ2n) is 6.50. The standard InChI is InChI=1S/C21H20N4O5/c1-25-7-6-22-20(25)19(13-9-14(27-2)11-15(10-13)28-3)23-21(26)16-12-18(30-24-16)17-5-4-8-29-17/h4-12,19H,1-3H3,(H,23,26)/t19-/m0/s1. The highest BCUT2D eigenvalue weighted by Gasteiger charge is 2.25. The van der Waals surface area contributed by atoms with Crippen molar-refractivity contribution in [3.8, 4) is 23.0 Å². The molecule has 1 N–H and O–H groups in total. The fourth-order valence-corrected chi connectivity index (χ4v) is 3.07. The number of hydrogen-bond donors (Lipinski definition) is 1. The van der Waals surface area contributed by atoms with Crippen LogP contribution in [0.3, 0.4) is 0 Å². The highest BCUT2D eigenvalue weighted by atomic mass is 16.5. The Labute approximate surface area is 172 Å². The van der Waals surface area contributed by atoms with Crippen LogP contribution in [0.25, 0.3) is 11.5 Å². The third-order valence-electron chi connectivity index (χ3n) is 4.61. The van der Waals surface area contributed by atoms with Gasteiger partial charge in [-0.1, -0.05) is 5.16 Å². The first-order valence-corrected chi connectivity index (χ1v) is 9.10. The zero-order chi connectivity index (χ0) is 21.1. The Morgan fingerprint density at radius 3 is 2.50 bits per heavy atom. The minimum Gasteiger partial charge on any atom is -0.497 e. The Kier molecular flexibility index (Phi) is 5.25. The molecule has 9 nitrogen and oxygen atoms in total. The summed E-state index contributed by atoms with van der Waals surface area (Å²) in [4.78, 5) is 17.4. The van der Waals surface area contributed by atoms with Gasteiger partial charge in [0.05, 0.1) is 20.5 Å². The van der Waals surface area contributed by atoms with Gasteiger partial charge in [0.25, 0.3) is 5.91 Å². The van der Waals surface area contributed by atoms with Gasteiger partial charge in [0, 0.05) is 31.6 Å². The minimum absolute atomic E-state index is 0.121. The number of hydrogen-bond acceptors (Lipinski definition) is 7. The van der Waals surface area contributed by atoms with E-state index in [1.54, 1.807) is 44.8 Å². The largest absolute Gasteiger partial charge is 0.497 e. The van der Waals surface area contributed by atoms with Crippen molar-refractivity contribution < 1.29 is 23.2 Å². The Morgan fingerprint density at radius 2 is 1.90 bits per heavy atom. The molecule has 0 aliphatic carbocycles. The van der Waals surface area contributed by atoms with E-state index >= 15 is 0 Å². The third kappa shape index (κ3) is 3.77. The monoisotopic (exact) mass is 408 g/mol. The molecule has 3 aromatic heterocycles. The van der Waals surface area contributed by atoms with Crippen molar-refractivity contribution in [2.24, 2.45) is 7.05 Å². The van der Waals surface area contributed by atoms with Crippen LogP contribution < -0.4 is 14.8 Å². The van der Waals surface area contributed by atoms with Crippen LogP contribution >= 0.6 is 0 Å². The van der Waals surface area contributed by atoms with Crippen molar-refractivity contribution in [2.75, 3.05) is 14.2 Å². The van der Waals surface area contributed by atoms with E-state index in [0.717, 1.165) is 5.56 Å². The minimum atomic E-state index is -0.578. The van der Waals surface area contributed by atoms with Crippen molar-refractivity contribution in [1.29, 1.82) is 0 Å². The Morgan fingerprint density at radius 1 is 1.13 bits per heavy atom. The summed E-state index contributed by atoms with van der Waals surface area (Å²) in [7, 11) is 4.99. The maximum Gasteiger partial charge on any atom is 0.274 e. The van der Waals surface area contributed by atoms with Gasteiger partial charge in [-0.15, -0.1) is 0 Å². The first kappa shape index (κ1) is 19.3. The van der Waals surface area contributed by atoms with Gasteiger partial charge in [0.15, 0.2) is 11.5 Å². The number of aromatic nitrogens is 3. The number of benzene rings is 1. The summed E-state index contributed by atoms with van der Waals surface area (Å²) in [6.45, 7) is 0. The van der Waals surface area contributed by atoms with E-state index in [1.807, 2.05) is 23.7 Å². The summed E-state index contributed by atoms with van der Waals surface area (Å²) in [5.41, 5.74) is 0.860. The molecule has 30 heavy (non-hydrogen) atoms. The lowest BCUT2D eigenvalue weighted by molar-refractivity contribution is 0.0932. The highest BCUT2D eigenvalue weighted by Crippen LogP contribution is 2.30. The number of ether oxygens (including phenoxy) is 2. The van der Waals surface area contributed by atoms with Crippen molar-refractivity contribution in [2.45, 2.75) is 6.04 Å². The Balaban J connectivity index is 1.68. The molecule has 0 aliphatic heterocycles. The van der Waals surface area contributed by atoms with Gasteiger partial charge in [0.1, 0.15) is 23.4 Å². The van der Waals surface area contributed by atoms with Gasteiger partial charge >= 0.3 is 0 Å². The third-order valence-corrected chi connectivity index (χ3v) is 4.61. The first-order valence-electron chi connectivity index (χ1n) is 9.10. The molecule has 0 aliphatic rings. The molecular formula is C21H20N4O5. The van der Waals surface area contributed by atoms with Crippen LogP contribution in [0.5, 0.6) is 11.5 Å². The van der Waals surface area contributed by atoms with E-state index in [0.29, 0.717) is 28.8 Å². The maximum absolute atomic E-state index is 13.0. The van der Waals surface area contributed by atoms with Crippen LogP contribution in [0, 0.1) is 0 Å². The summed E-state index contributed by atoms with van der Waals surface area (Å²) >= 11 is 0. The van der Waals surface area contributed by atoms with E-state index in [2.05, 4.69) is 15.5 Å². The lowest BCUT2D eigenvalue weighted by Crippen LogP contribution is -2.31. The van der Waals surface area contributed by atoms with Crippen LogP contribution in [0.1, 0.15) is 27.9 Å². The molecule has 4 rings (SSSR count). The lowest BCUT2D eigenvalue weighted by Gasteiger charge is -2.20. The van der Waals surface area contributed by atoms with Gasteiger partial charge in [0.2, 0.25) is 5.76 Å². The SMILES string of the molecule is COc1cc(OC)cc([C@H](NC(=O)c2cc(-c3ccco3)on2)c2nccn2C)c1. The molecule has 154 valence electrons. The van der Waals surface area contributed by atoms with Gasteiger partial charge in [-0.25, -0.2) is 4.98 Å². The lowest BCUT2D eigenvalue weighted by atomic mass is 10.0. The number of amides is 1. The van der Waals surface area contributed by atoms with E-state index in [9.17, 15) is 4.79 Å². The average Bonchev–Trinajstić information content (AvgIpc) is 3.52. The van der Waals surface area contributed by atoms with E-state index < -0.39 is 11.9 Å². The van der Waals surface area contributed by atoms with Crippen LogP contribution in [-0.4, -0.2) is 34.8 Å². The van der Waals surface area contributed by atoms with Crippen molar-refractivity contribution >= 4 is 5.91 Å². The summed E-state index contributed by atoms with van der Waals surface area (Å²) in [6.07, 6.45) is 4.99. The predicted octanol–water partition coefficient (Wildman–Crippen LogP) is 3.20. The molecule has 3 heterocycles. The summed E-state index contributed by atoms with van der Waals surface area (Å²) in [5, 5.41) is 6.83. The zero-order valence-electron chi connectivity index (χ0n) is 16.7. The Hall–Kier alpha value is -4.01. The van der Waals surface area contributed by atoms with Crippen LogP contribution in [-0.2, 0) is 7.05 Å². The maximum atomic E-state index is 13.0. The number of carbonyl (C=O) groups excluding carboxylic acids is 1. The van der Waals surface area contributed by atoms with Crippen molar-refractivity contribution in [3.63, 3.8) is 0 Å². The fraction of sp³-hybridized carbons (Fsp3) is 0.190. The molecule has 0 radical (unpaired) electrons. The number of carbonyl (C=O) groups is 1. The van der Waals surface area contributed by atoms with Crippen LogP contribution in [0.15, 0.2) is 64.0 Å². The van der Waals surface area contributed by atoms with Crippen molar-refractivity contribution in [3.05, 3.63) is 72.1 Å². The predicted molar refractivity (Wildman–Crippen MR) is 106 cm³/mol. The number of rotatable bonds is 7. The number of nitrogens with zero attached hydrogens (tertiary/aromatic N) is 3. The molecule has 0 bridgehead atoms. The van der Waals surface area contributed by atoms with Gasteiger partial charge in [-0.2, -0.15) is 0 Å². The average molecular weight is 408 g/mol. The molecule has 1 aromatic carbocycles. The molecule has 4 aromatic rings. The number of methoxy groups -OCH3 is 2. The number of furan rings is 1. The molecule has 0 saturated carbocycles. The molecule has 0 saturated heterocycles. The van der Waals surface area contributed by atoms with E-state index in [-0.39, 0.29) is 5.69 Å². The van der Waals surface area contributed by atoms with Crippen LogP contribution in [0.2, 0.25) is 0 Å². The summed E-state index contributed by atoms with van der Waals surface area (Å²) < 4.78 is 23.1. The van der Waals surface area contributed by atoms with Crippen molar-refractivity contribution in [1.82, 2.24) is 20.0 Å². The zero-order valence-corrected chi connectivity index (χ0v) is 16.7. The molecule has 0 unspecified atom stereocenters. The molecule has 1 amide bonds. The molecule has 9 heteroatoms. The van der Waals surface area contributed by atoms with E-state index in [4.69, 9.17) is 18.4 Å². The topological polar surface area (TPSA) is 105 Å². The smallest absolute Gasteiger partial charge is 0.274 e. The highest BCUT2D eigenvalue weighted by molar-refractivity contribution is 5.93. The van der Waals surface area contributed by atoms with Gasteiger partial charge < -0.3 is 28.3 Å². The number of nitrogens with one attached hydrogen (secondary N) is 1. The van der Waals surface area contributed by atoms with Gasteiger partial charge in [-0.05, 0) is 29.8 Å². The first-order chi connectivity index (χ1) is 14.6. The van der Waals surface area contributed by atoms with Gasteiger partial charge in [-0.3, -0.25) is 4.79 Å². The number of imidazole rings is 1. The molecule has 0 fully saturated rings. The van der Waals surface area contributed by atoms with E-state index in [1.165, 1.54) is 12.3 Å².